The van der Waals surface area contributed by atoms with E-state index in [1.165, 1.54) is 11.1 Å². The Morgan fingerprint density at radius 1 is 1.00 bits per heavy atom. The Labute approximate surface area is 260 Å². The van der Waals surface area contributed by atoms with Crippen molar-refractivity contribution < 1.29 is 19.2 Å². The molecule has 0 amide bonds. The first-order valence-electron chi connectivity index (χ1n) is 15.7. The molecule has 2 aliphatic rings. The standard InChI is InChI=1S/C36H44N4O4/c1-22-29(25-12-13-26-21-40(17-14-24(26)20-25)33-27-10-8-9-11-28(27)44-38-33)31(39-18-15-36(6,7)16-19-39)30(23(2)37-22)32(34(41)42)43-35(3,4)5/h8-13,20,32H,14-19,21H2,1-7H3,(H,41,42)/t32-/m0/s1. The van der Waals surface area contributed by atoms with E-state index in [0.717, 1.165) is 84.7 Å². The normalized spacial score (nSPS) is 17.5. The maximum Gasteiger partial charge on any atom is 0.337 e. The molecule has 0 spiro atoms. The number of nitrogens with zero attached hydrogens (tertiary/aromatic N) is 4. The van der Waals surface area contributed by atoms with Crippen molar-refractivity contribution in [2.45, 2.75) is 86.0 Å². The van der Waals surface area contributed by atoms with Gasteiger partial charge in [-0.15, -0.1) is 0 Å². The molecule has 4 heterocycles. The van der Waals surface area contributed by atoms with Gasteiger partial charge >= 0.3 is 5.97 Å². The predicted octanol–water partition coefficient (Wildman–Crippen LogP) is 7.64. The Morgan fingerprint density at radius 3 is 2.43 bits per heavy atom. The third-order valence-corrected chi connectivity index (χ3v) is 9.14. The first kappa shape index (κ1) is 30.1. The summed E-state index contributed by atoms with van der Waals surface area (Å²) >= 11 is 0. The average molecular weight is 597 g/mol. The van der Waals surface area contributed by atoms with Gasteiger partial charge in [-0.3, -0.25) is 4.98 Å². The number of ether oxygens (including phenoxy) is 1. The minimum atomic E-state index is -1.13. The van der Waals surface area contributed by atoms with Gasteiger partial charge in [0.05, 0.1) is 16.7 Å². The third kappa shape index (κ3) is 5.80. The van der Waals surface area contributed by atoms with Crippen LogP contribution >= 0.6 is 0 Å². The maximum atomic E-state index is 12.8. The highest BCUT2D eigenvalue weighted by Gasteiger charge is 2.36. The lowest BCUT2D eigenvalue weighted by Gasteiger charge is -2.41. The summed E-state index contributed by atoms with van der Waals surface area (Å²) in [6, 6.07) is 14.7. The average Bonchev–Trinajstić information content (AvgIpc) is 3.39. The Hall–Kier alpha value is -3.91. The number of hydrogen-bond acceptors (Lipinski definition) is 7. The van der Waals surface area contributed by atoms with Gasteiger partial charge in [-0.1, -0.05) is 49.3 Å². The summed E-state index contributed by atoms with van der Waals surface area (Å²) in [6.07, 6.45) is 1.80. The third-order valence-electron chi connectivity index (χ3n) is 9.14. The molecule has 1 fully saturated rings. The van der Waals surface area contributed by atoms with Crippen LogP contribution in [0.5, 0.6) is 0 Å². The summed E-state index contributed by atoms with van der Waals surface area (Å²) in [5, 5.41) is 15.9. The van der Waals surface area contributed by atoms with Gasteiger partial charge < -0.3 is 24.2 Å². The van der Waals surface area contributed by atoms with Crippen molar-refractivity contribution in [3.63, 3.8) is 0 Å². The number of carboxylic acid groups (broad SMARTS) is 1. The molecule has 4 aromatic rings. The van der Waals surface area contributed by atoms with Crippen LogP contribution in [0.1, 0.15) is 81.6 Å². The molecule has 2 aromatic carbocycles. The molecule has 6 rings (SSSR count). The molecule has 8 nitrogen and oxygen atoms in total. The zero-order chi connectivity index (χ0) is 31.4. The number of aliphatic carboxylic acids is 1. The highest BCUT2D eigenvalue weighted by atomic mass is 16.5. The molecule has 232 valence electrons. The van der Waals surface area contributed by atoms with Gasteiger partial charge in [0, 0.05) is 48.7 Å². The Kier molecular flexibility index (Phi) is 7.68. The minimum absolute atomic E-state index is 0.245. The zero-order valence-corrected chi connectivity index (χ0v) is 27.0. The van der Waals surface area contributed by atoms with E-state index in [-0.39, 0.29) is 5.41 Å². The van der Waals surface area contributed by atoms with E-state index in [1.807, 2.05) is 52.8 Å². The Morgan fingerprint density at radius 2 is 1.73 bits per heavy atom. The van der Waals surface area contributed by atoms with E-state index in [9.17, 15) is 9.90 Å². The summed E-state index contributed by atoms with van der Waals surface area (Å²) in [6.45, 7) is 17.6. The zero-order valence-electron chi connectivity index (χ0n) is 27.0. The number of carboxylic acids is 1. The molecule has 8 heteroatoms. The van der Waals surface area contributed by atoms with Crippen LogP contribution in [-0.2, 0) is 22.5 Å². The van der Waals surface area contributed by atoms with Crippen LogP contribution in [0.4, 0.5) is 11.5 Å². The number of hydrogen-bond donors (Lipinski definition) is 1. The van der Waals surface area contributed by atoms with Crippen LogP contribution < -0.4 is 9.80 Å². The number of para-hydroxylation sites is 1. The van der Waals surface area contributed by atoms with E-state index < -0.39 is 17.7 Å². The highest BCUT2D eigenvalue weighted by Crippen LogP contribution is 2.45. The maximum absolute atomic E-state index is 12.8. The van der Waals surface area contributed by atoms with Crippen molar-refractivity contribution in [2.75, 3.05) is 29.4 Å². The van der Waals surface area contributed by atoms with Crippen molar-refractivity contribution in [3.8, 4) is 11.1 Å². The summed E-state index contributed by atoms with van der Waals surface area (Å²) in [5.41, 5.74) is 8.23. The summed E-state index contributed by atoms with van der Waals surface area (Å²) in [7, 11) is 0. The van der Waals surface area contributed by atoms with E-state index in [1.54, 1.807) is 0 Å². The number of fused-ring (bicyclic) bond motifs is 2. The summed E-state index contributed by atoms with van der Waals surface area (Å²) < 4.78 is 11.8. The lowest BCUT2D eigenvalue weighted by molar-refractivity contribution is -0.160. The number of rotatable bonds is 6. The fourth-order valence-electron chi connectivity index (χ4n) is 6.74. The van der Waals surface area contributed by atoms with Crippen LogP contribution in [-0.4, -0.2) is 46.5 Å². The van der Waals surface area contributed by atoms with Gasteiger partial charge in [0.2, 0.25) is 0 Å². The summed E-state index contributed by atoms with van der Waals surface area (Å²) in [5.74, 6) is -0.114. The first-order chi connectivity index (χ1) is 20.8. The van der Waals surface area contributed by atoms with E-state index in [0.29, 0.717) is 11.3 Å². The van der Waals surface area contributed by atoms with E-state index in [4.69, 9.17) is 14.2 Å². The second-order valence-corrected chi connectivity index (χ2v) is 14.2. The van der Waals surface area contributed by atoms with Gasteiger partial charge in [0.25, 0.3) is 0 Å². The Bertz CT molecular complexity index is 1710. The fraction of sp³-hybridized carbons (Fsp3) is 0.472. The lowest BCUT2D eigenvalue weighted by Crippen LogP contribution is -2.39. The van der Waals surface area contributed by atoms with Crippen molar-refractivity contribution in [1.29, 1.82) is 0 Å². The van der Waals surface area contributed by atoms with Gasteiger partial charge in [0.1, 0.15) is 0 Å². The molecule has 0 radical (unpaired) electrons. The topological polar surface area (TPSA) is 91.9 Å². The highest BCUT2D eigenvalue weighted by molar-refractivity contribution is 5.89. The number of benzene rings is 2. The molecular weight excluding hydrogens is 552 g/mol. The number of pyridine rings is 1. The molecule has 2 aliphatic heterocycles. The van der Waals surface area contributed by atoms with E-state index >= 15 is 0 Å². The van der Waals surface area contributed by atoms with Crippen LogP contribution in [0, 0.1) is 19.3 Å². The molecule has 2 aromatic heterocycles. The molecule has 0 saturated carbocycles. The van der Waals surface area contributed by atoms with Gasteiger partial charge in [0.15, 0.2) is 17.5 Å². The SMILES string of the molecule is Cc1nc(C)c([C@H](OC(C)(C)C)C(=O)O)c(N2CCC(C)(C)CC2)c1-c1ccc2c(c1)CCN(c1noc3ccccc13)C2. The van der Waals surface area contributed by atoms with Crippen molar-refractivity contribution in [1.82, 2.24) is 10.1 Å². The van der Waals surface area contributed by atoms with Crippen LogP contribution in [0.25, 0.3) is 22.1 Å². The van der Waals surface area contributed by atoms with Crippen LogP contribution in [0.15, 0.2) is 47.0 Å². The smallest absolute Gasteiger partial charge is 0.337 e. The molecule has 44 heavy (non-hydrogen) atoms. The van der Waals surface area contributed by atoms with Gasteiger partial charge in [-0.25, -0.2) is 4.79 Å². The molecule has 1 atom stereocenters. The minimum Gasteiger partial charge on any atom is -0.479 e. The second kappa shape index (κ2) is 11.2. The van der Waals surface area contributed by atoms with Crippen LogP contribution in [0.2, 0.25) is 0 Å². The molecule has 1 saturated heterocycles. The second-order valence-electron chi connectivity index (χ2n) is 14.2. The molecule has 1 N–H and O–H groups in total. The molecule has 0 bridgehead atoms. The molecule has 0 aliphatic carbocycles. The van der Waals surface area contributed by atoms with Crippen molar-refractivity contribution >= 4 is 28.4 Å². The quantitative estimate of drug-likeness (QED) is 0.243. The number of aryl methyl sites for hydroxylation is 2. The number of anilines is 2. The van der Waals surface area contributed by atoms with Gasteiger partial charge in [-0.2, -0.15) is 0 Å². The fourth-order valence-corrected chi connectivity index (χ4v) is 6.74. The Balaban J connectivity index is 1.44. The van der Waals surface area contributed by atoms with Crippen LogP contribution in [0.3, 0.4) is 0 Å². The van der Waals surface area contributed by atoms with Gasteiger partial charge in [-0.05, 0) is 88.1 Å². The largest absolute Gasteiger partial charge is 0.479 e. The number of aromatic nitrogens is 2. The van der Waals surface area contributed by atoms with Crippen molar-refractivity contribution in [2.24, 2.45) is 5.41 Å². The molecule has 0 unspecified atom stereocenters. The number of piperidine rings is 1. The van der Waals surface area contributed by atoms with E-state index in [2.05, 4.69) is 53.1 Å². The summed E-state index contributed by atoms with van der Waals surface area (Å²) in [4.78, 5) is 22.4. The molecular formula is C36H44N4O4. The predicted molar refractivity (Wildman–Crippen MR) is 174 cm³/mol. The first-order valence-corrected chi connectivity index (χ1v) is 15.7. The number of carbonyl (C=O) groups is 1. The lowest BCUT2D eigenvalue weighted by atomic mass is 9.81. The van der Waals surface area contributed by atoms with Crippen molar-refractivity contribution in [3.05, 3.63) is 70.5 Å². The monoisotopic (exact) mass is 596 g/mol.